The Morgan fingerprint density at radius 1 is 0.259 bits per heavy atom. The molecule has 0 spiro atoms. The second-order valence-corrected chi connectivity index (χ2v) is 23.8. The van der Waals surface area contributed by atoms with E-state index >= 15 is 0 Å². The van der Waals surface area contributed by atoms with Gasteiger partial charge in [0.15, 0.2) is 6.10 Å². The molecule has 6 heteroatoms. The lowest BCUT2D eigenvalue weighted by Gasteiger charge is -2.18. The van der Waals surface area contributed by atoms with Gasteiger partial charge in [-0.15, -0.1) is 0 Å². The summed E-state index contributed by atoms with van der Waals surface area (Å²) in [5.74, 6) is -0.905. The maximum atomic E-state index is 12.9. The molecule has 6 nitrogen and oxygen atoms in total. The van der Waals surface area contributed by atoms with E-state index in [-0.39, 0.29) is 31.1 Å². The fraction of sp³-hybridized carbons (Fsp3) is 0.800. The van der Waals surface area contributed by atoms with E-state index in [1.807, 2.05) is 0 Å². The van der Waals surface area contributed by atoms with Crippen LogP contribution in [0.25, 0.3) is 0 Å². The summed E-state index contributed by atoms with van der Waals surface area (Å²) in [6.07, 6.45) is 90.8. The van der Waals surface area contributed by atoms with Crippen LogP contribution in [0, 0.1) is 0 Å². The SMILES string of the molecule is CC/C=C\C/C=C\C/C=C\C/C=C\CCCCC(=O)OCC(COC(=O)CCCCCCCCCCCCCCCCCCC/C=C\C/C=C\CCCCCCC)OC(=O)CCCCCCCCCCCCCCCCCCCCC. The quantitative estimate of drug-likeness (QED) is 0.0261. The molecule has 0 rings (SSSR count). The predicted molar refractivity (Wildman–Crippen MR) is 353 cm³/mol. The van der Waals surface area contributed by atoms with Gasteiger partial charge in [-0.05, 0) is 89.9 Å². The highest BCUT2D eigenvalue weighted by molar-refractivity contribution is 5.71. The highest BCUT2D eigenvalue weighted by Gasteiger charge is 2.19. The van der Waals surface area contributed by atoms with Gasteiger partial charge < -0.3 is 14.2 Å². The molecule has 0 fully saturated rings. The molecular weight excluding hydrogens is 997 g/mol. The van der Waals surface area contributed by atoms with E-state index in [0.717, 1.165) is 89.9 Å². The van der Waals surface area contributed by atoms with Gasteiger partial charge in [-0.3, -0.25) is 14.4 Å². The molecule has 81 heavy (non-hydrogen) atoms. The topological polar surface area (TPSA) is 78.9 Å². The summed E-state index contributed by atoms with van der Waals surface area (Å²) < 4.78 is 17.0. The predicted octanol–water partition coefficient (Wildman–Crippen LogP) is 24.4. The molecule has 0 aliphatic heterocycles. The zero-order chi connectivity index (χ0) is 58.5. The van der Waals surface area contributed by atoms with Crippen molar-refractivity contribution in [1.82, 2.24) is 0 Å². The highest BCUT2D eigenvalue weighted by Crippen LogP contribution is 2.18. The highest BCUT2D eigenvalue weighted by atomic mass is 16.6. The number of ether oxygens (including phenoxy) is 3. The molecule has 0 radical (unpaired) electrons. The van der Waals surface area contributed by atoms with E-state index in [0.29, 0.717) is 19.3 Å². The standard InChI is InChI=1S/C75H134O6/c1-4-7-10-13-16-19-22-25-28-30-32-33-34-35-36-37-38-39-40-41-43-44-47-50-53-56-59-62-65-68-74(77)80-71-72(70-79-73(76)67-64-61-58-55-52-49-46-27-24-21-18-15-12-9-6-3)81-75(78)69-66-63-60-57-54-51-48-45-42-31-29-26-23-20-17-14-11-8-5-2/h9,12,18,21-22,25,27,30,32,46,52,55,72H,4-8,10-11,13-17,19-20,23-24,26,28-29,31,33-45,47-51,53-54,56-71H2,1-3H3/b12-9-,21-18-,25-22-,32-30-,46-27-,55-52-. The van der Waals surface area contributed by atoms with E-state index in [1.54, 1.807) is 0 Å². The smallest absolute Gasteiger partial charge is 0.306 e. The largest absolute Gasteiger partial charge is 0.462 e. The van der Waals surface area contributed by atoms with E-state index in [1.165, 1.54) is 238 Å². The first kappa shape index (κ1) is 77.9. The second kappa shape index (κ2) is 69.3. The van der Waals surface area contributed by atoms with E-state index < -0.39 is 6.10 Å². The van der Waals surface area contributed by atoms with Crippen molar-refractivity contribution >= 4 is 17.9 Å². The Hall–Kier alpha value is -3.15. The van der Waals surface area contributed by atoms with Crippen molar-refractivity contribution in [2.45, 2.75) is 374 Å². The third kappa shape index (κ3) is 67.5. The van der Waals surface area contributed by atoms with Crippen LogP contribution in [0.1, 0.15) is 367 Å². The molecule has 0 amide bonds. The number of unbranched alkanes of at least 4 members (excludes halogenated alkanes) is 42. The Kier molecular flexibility index (Phi) is 66.6. The molecular formula is C75H134O6. The van der Waals surface area contributed by atoms with Gasteiger partial charge in [0.2, 0.25) is 0 Å². The van der Waals surface area contributed by atoms with Crippen LogP contribution in [0.4, 0.5) is 0 Å². The Bertz CT molecular complexity index is 1490. The van der Waals surface area contributed by atoms with Gasteiger partial charge in [0, 0.05) is 19.3 Å². The Morgan fingerprint density at radius 3 is 0.778 bits per heavy atom. The average Bonchev–Trinajstić information content (AvgIpc) is 3.47. The maximum absolute atomic E-state index is 12.9. The number of carbonyl (C=O) groups excluding carboxylic acids is 3. The molecule has 1 unspecified atom stereocenters. The Labute approximate surface area is 503 Å². The van der Waals surface area contributed by atoms with E-state index in [2.05, 4.69) is 93.7 Å². The van der Waals surface area contributed by atoms with Crippen molar-refractivity contribution in [3.63, 3.8) is 0 Å². The molecule has 0 N–H and O–H groups in total. The lowest BCUT2D eigenvalue weighted by molar-refractivity contribution is -0.167. The third-order valence-electron chi connectivity index (χ3n) is 15.7. The minimum atomic E-state index is -0.791. The van der Waals surface area contributed by atoms with Crippen LogP contribution < -0.4 is 0 Å². The van der Waals surface area contributed by atoms with Crippen LogP contribution in [0.2, 0.25) is 0 Å². The Balaban J connectivity index is 4.26. The summed E-state index contributed by atoms with van der Waals surface area (Å²) >= 11 is 0. The van der Waals surface area contributed by atoms with Crippen LogP contribution >= 0.6 is 0 Å². The minimum Gasteiger partial charge on any atom is -0.462 e. The van der Waals surface area contributed by atoms with Gasteiger partial charge in [0.05, 0.1) is 0 Å². The first-order valence-corrected chi connectivity index (χ1v) is 35.4. The Morgan fingerprint density at radius 2 is 0.481 bits per heavy atom. The van der Waals surface area contributed by atoms with Crippen molar-refractivity contribution in [1.29, 1.82) is 0 Å². The van der Waals surface area contributed by atoms with E-state index in [4.69, 9.17) is 14.2 Å². The van der Waals surface area contributed by atoms with Crippen LogP contribution in [0.15, 0.2) is 72.9 Å². The molecule has 1 atom stereocenters. The van der Waals surface area contributed by atoms with Crippen molar-refractivity contribution in [3.05, 3.63) is 72.9 Å². The van der Waals surface area contributed by atoms with Gasteiger partial charge >= 0.3 is 17.9 Å². The lowest BCUT2D eigenvalue weighted by Crippen LogP contribution is -2.30. The molecule has 0 saturated heterocycles. The van der Waals surface area contributed by atoms with Crippen LogP contribution in [-0.2, 0) is 28.6 Å². The molecule has 0 aliphatic carbocycles. The summed E-state index contributed by atoms with van der Waals surface area (Å²) in [5, 5.41) is 0. The molecule has 0 bridgehead atoms. The molecule has 0 aromatic carbocycles. The van der Waals surface area contributed by atoms with Gasteiger partial charge in [-0.1, -0.05) is 331 Å². The number of allylic oxidation sites excluding steroid dienone is 12. The molecule has 0 saturated carbocycles. The second-order valence-electron chi connectivity index (χ2n) is 23.8. The molecule has 0 aliphatic rings. The van der Waals surface area contributed by atoms with Crippen molar-refractivity contribution in [2.75, 3.05) is 13.2 Å². The first-order chi connectivity index (χ1) is 40.0. The number of esters is 3. The van der Waals surface area contributed by atoms with Crippen LogP contribution in [0.3, 0.4) is 0 Å². The fourth-order valence-corrected chi connectivity index (χ4v) is 10.4. The zero-order valence-electron chi connectivity index (χ0n) is 54.1. The average molecular weight is 1130 g/mol. The van der Waals surface area contributed by atoms with Gasteiger partial charge in [-0.2, -0.15) is 0 Å². The molecule has 0 heterocycles. The molecule has 470 valence electrons. The van der Waals surface area contributed by atoms with Gasteiger partial charge in [0.25, 0.3) is 0 Å². The lowest BCUT2D eigenvalue weighted by atomic mass is 10.0. The summed E-state index contributed by atoms with van der Waals surface area (Å²) in [4.78, 5) is 38.4. The van der Waals surface area contributed by atoms with Crippen molar-refractivity contribution < 1.29 is 28.6 Å². The molecule has 0 aromatic rings. The van der Waals surface area contributed by atoms with Crippen LogP contribution in [0.5, 0.6) is 0 Å². The summed E-state index contributed by atoms with van der Waals surface area (Å²) in [6, 6.07) is 0. The summed E-state index contributed by atoms with van der Waals surface area (Å²) in [6.45, 7) is 6.54. The number of carbonyl (C=O) groups is 3. The maximum Gasteiger partial charge on any atom is 0.306 e. The normalized spacial score (nSPS) is 12.5. The van der Waals surface area contributed by atoms with E-state index in [9.17, 15) is 14.4 Å². The monoisotopic (exact) mass is 1130 g/mol. The summed E-state index contributed by atoms with van der Waals surface area (Å²) in [5.41, 5.74) is 0. The van der Waals surface area contributed by atoms with Gasteiger partial charge in [0.1, 0.15) is 13.2 Å². The van der Waals surface area contributed by atoms with Crippen molar-refractivity contribution in [2.24, 2.45) is 0 Å². The number of rotatable bonds is 65. The third-order valence-corrected chi connectivity index (χ3v) is 15.7. The number of hydrogen-bond acceptors (Lipinski definition) is 6. The van der Waals surface area contributed by atoms with Crippen LogP contribution in [-0.4, -0.2) is 37.2 Å². The number of hydrogen-bond donors (Lipinski definition) is 0. The fourth-order valence-electron chi connectivity index (χ4n) is 10.4. The summed E-state index contributed by atoms with van der Waals surface area (Å²) in [7, 11) is 0. The zero-order valence-corrected chi connectivity index (χ0v) is 54.1. The molecule has 0 aromatic heterocycles. The first-order valence-electron chi connectivity index (χ1n) is 35.4. The minimum absolute atomic E-state index is 0.0841. The van der Waals surface area contributed by atoms with Crippen molar-refractivity contribution in [3.8, 4) is 0 Å². The van der Waals surface area contributed by atoms with Gasteiger partial charge in [-0.25, -0.2) is 0 Å².